The molecule has 3 heteroatoms. The number of carbonyl (C=O) groups excluding carboxylic acids is 3. The Morgan fingerprint density at radius 2 is 1.38 bits per heavy atom. The molecular formula is C13H14O3. The molecule has 1 aromatic carbocycles. The number of carbonyl (C=O) groups is 3. The average molecular weight is 218 g/mol. The number of hydrogen-bond donors (Lipinski definition) is 0. The first-order valence-corrected chi connectivity index (χ1v) is 5.02. The van der Waals surface area contributed by atoms with Gasteiger partial charge in [0.2, 0.25) is 0 Å². The van der Waals surface area contributed by atoms with Crippen LogP contribution in [-0.4, -0.2) is 17.3 Å². The molecule has 1 aromatic rings. The van der Waals surface area contributed by atoms with Crippen LogP contribution < -0.4 is 0 Å². The van der Waals surface area contributed by atoms with E-state index in [1.165, 1.54) is 20.8 Å². The zero-order chi connectivity index (χ0) is 12.3. The zero-order valence-corrected chi connectivity index (χ0v) is 9.61. The molecule has 0 N–H and O–H groups in total. The number of benzene rings is 1. The van der Waals surface area contributed by atoms with Crippen LogP contribution in [0, 0.1) is 5.41 Å². The van der Waals surface area contributed by atoms with Crippen LogP contribution in [0.5, 0.6) is 0 Å². The maximum Gasteiger partial charge on any atom is 0.183 e. The highest BCUT2D eigenvalue weighted by Crippen LogP contribution is 2.25. The first-order valence-electron chi connectivity index (χ1n) is 5.02. The lowest BCUT2D eigenvalue weighted by atomic mass is 9.76. The van der Waals surface area contributed by atoms with Crippen molar-refractivity contribution < 1.29 is 14.4 Å². The molecule has 0 spiro atoms. The van der Waals surface area contributed by atoms with Gasteiger partial charge >= 0.3 is 0 Å². The molecule has 0 aromatic heterocycles. The predicted octanol–water partition coefficient (Wildman–Crippen LogP) is 2.05. The second-order valence-electron chi connectivity index (χ2n) is 3.93. The Bertz CT molecular complexity index is 418. The standard InChI is InChI=1S/C13H14O3/c1-9(14)13(3,10(2)15)12(16)11-7-5-4-6-8-11/h4-8H,1-3H3. The molecule has 0 aliphatic rings. The van der Waals surface area contributed by atoms with E-state index in [4.69, 9.17) is 0 Å². The van der Waals surface area contributed by atoms with Crippen LogP contribution in [0.15, 0.2) is 30.3 Å². The fourth-order valence-corrected chi connectivity index (χ4v) is 1.45. The summed E-state index contributed by atoms with van der Waals surface area (Å²) in [5.74, 6) is -1.28. The van der Waals surface area contributed by atoms with Crippen LogP contribution in [-0.2, 0) is 9.59 Å². The lowest BCUT2D eigenvalue weighted by molar-refractivity contribution is -0.134. The molecule has 84 valence electrons. The molecule has 0 amide bonds. The van der Waals surface area contributed by atoms with E-state index >= 15 is 0 Å². The van der Waals surface area contributed by atoms with Crippen LogP contribution in [0.2, 0.25) is 0 Å². The number of Topliss-reactive ketones (excluding diaryl/α,β-unsaturated/α-hetero) is 3. The molecule has 0 saturated heterocycles. The number of rotatable bonds is 4. The Balaban J connectivity index is 3.22. The number of ketones is 3. The molecule has 0 unspecified atom stereocenters. The fourth-order valence-electron chi connectivity index (χ4n) is 1.45. The summed E-state index contributed by atoms with van der Waals surface area (Å²) in [6.45, 7) is 3.91. The minimum atomic E-state index is -1.55. The second kappa shape index (κ2) is 4.39. The van der Waals surface area contributed by atoms with E-state index in [0.717, 1.165) is 0 Å². The third-order valence-electron chi connectivity index (χ3n) is 2.90. The SMILES string of the molecule is CC(=O)C(C)(C(C)=O)C(=O)c1ccccc1. The van der Waals surface area contributed by atoms with E-state index in [2.05, 4.69) is 0 Å². The first-order chi connectivity index (χ1) is 7.40. The zero-order valence-electron chi connectivity index (χ0n) is 9.61. The van der Waals surface area contributed by atoms with E-state index < -0.39 is 22.8 Å². The quantitative estimate of drug-likeness (QED) is 0.574. The molecule has 0 saturated carbocycles. The Labute approximate surface area is 94.5 Å². The Morgan fingerprint density at radius 3 is 1.75 bits per heavy atom. The molecule has 3 nitrogen and oxygen atoms in total. The van der Waals surface area contributed by atoms with Gasteiger partial charge in [0, 0.05) is 5.56 Å². The Morgan fingerprint density at radius 1 is 0.938 bits per heavy atom. The van der Waals surface area contributed by atoms with Crippen LogP contribution in [0.3, 0.4) is 0 Å². The smallest absolute Gasteiger partial charge is 0.183 e. The topological polar surface area (TPSA) is 51.2 Å². The third kappa shape index (κ3) is 1.94. The van der Waals surface area contributed by atoms with Gasteiger partial charge in [-0.3, -0.25) is 14.4 Å². The van der Waals surface area contributed by atoms with Gasteiger partial charge in [0.05, 0.1) is 0 Å². The molecule has 0 aliphatic heterocycles. The molecule has 0 fully saturated rings. The summed E-state index contributed by atoms with van der Waals surface area (Å²) in [7, 11) is 0. The van der Waals surface area contributed by atoms with Crippen molar-refractivity contribution in [3.8, 4) is 0 Å². The monoisotopic (exact) mass is 218 g/mol. The van der Waals surface area contributed by atoms with Crippen molar-refractivity contribution in [1.29, 1.82) is 0 Å². The molecule has 16 heavy (non-hydrogen) atoms. The predicted molar refractivity (Wildman–Crippen MR) is 60.2 cm³/mol. The molecule has 0 atom stereocenters. The lowest BCUT2D eigenvalue weighted by Crippen LogP contribution is -2.41. The largest absolute Gasteiger partial charge is 0.298 e. The van der Waals surface area contributed by atoms with Crippen molar-refractivity contribution in [3.05, 3.63) is 35.9 Å². The summed E-state index contributed by atoms with van der Waals surface area (Å²) in [6.07, 6.45) is 0. The summed E-state index contributed by atoms with van der Waals surface area (Å²) < 4.78 is 0. The van der Waals surface area contributed by atoms with E-state index in [1.54, 1.807) is 30.3 Å². The molecule has 0 bridgehead atoms. The van der Waals surface area contributed by atoms with Crippen molar-refractivity contribution >= 4 is 17.3 Å². The first kappa shape index (κ1) is 12.3. The highest BCUT2D eigenvalue weighted by atomic mass is 16.2. The highest BCUT2D eigenvalue weighted by Gasteiger charge is 2.43. The van der Waals surface area contributed by atoms with E-state index in [0.29, 0.717) is 5.56 Å². The number of hydrogen-bond acceptors (Lipinski definition) is 3. The van der Waals surface area contributed by atoms with Gasteiger partial charge in [-0.05, 0) is 20.8 Å². The van der Waals surface area contributed by atoms with Crippen molar-refractivity contribution in [3.63, 3.8) is 0 Å². The molecule has 1 rings (SSSR count). The van der Waals surface area contributed by atoms with Crippen LogP contribution in [0.1, 0.15) is 31.1 Å². The second-order valence-corrected chi connectivity index (χ2v) is 3.93. The van der Waals surface area contributed by atoms with Gasteiger partial charge in [-0.15, -0.1) is 0 Å². The van der Waals surface area contributed by atoms with E-state index in [9.17, 15) is 14.4 Å². The van der Waals surface area contributed by atoms with Gasteiger partial charge in [-0.1, -0.05) is 30.3 Å². The molecule has 0 aliphatic carbocycles. The fraction of sp³-hybridized carbons (Fsp3) is 0.308. The van der Waals surface area contributed by atoms with Gasteiger partial charge in [-0.2, -0.15) is 0 Å². The maximum atomic E-state index is 12.1. The van der Waals surface area contributed by atoms with Gasteiger partial charge in [-0.25, -0.2) is 0 Å². The summed E-state index contributed by atoms with van der Waals surface area (Å²) >= 11 is 0. The maximum absolute atomic E-state index is 12.1. The summed E-state index contributed by atoms with van der Waals surface area (Å²) in [5.41, 5.74) is -1.17. The Hall–Kier alpha value is -1.77. The van der Waals surface area contributed by atoms with Crippen molar-refractivity contribution in [1.82, 2.24) is 0 Å². The summed E-state index contributed by atoms with van der Waals surface area (Å²) in [4.78, 5) is 35.1. The average Bonchev–Trinajstić information content (AvgIpc) is 2.27. The van der Waals surface area contributed by atoms with Gasteiger partial charge in [0.1, 0.15) is 5.41 Å². The third-order valence-corrected chi connectivity index (χ3v) is 2.90. The van der Waals surface area contributed by atoms with Crippen molar-refractivity contribution in [2.75, 3.05) is 0 Å². The van der Waals surface area contributed by atoms with Crippen LogP contribution in [0.25, 0.3) is 0 Å². The van der Waals surface area contributed by atoms with Crippen molar-refractivity contribution in [2.45, 2.75) is 20.8 Å². The van der Waals surface area contributed by atoms with Gasteiger partial charge < -0.3 is 0 Å². The van der Waals surface area contributed by atoms with Crippen LogP contribution >= 0.6 is 0 Å². The molecule has 0 heterocycles. The minimum Gasteiger partial charge on any atom is -0.298 e. The van der Waals surface area contributed by atoms with E-state index in [-0.39, 0.29) is 0 Å². The normalized spacial score (nSPS) is 10.9. The summed E-state index contributed by atoms with van der Waals surface area (Å²) in [5, 5.41) is 0. The molecule has 0 radical (unpaired) electrons. The van der Waals surface area contributed by atoms with Crippen molar-refractivity contribution in [2.24, 2.45) is 5.41 Å². The highest BCUT2D eigenvalue weighted by molar-refractivity contribution is 6.27. The molecular weight excluding hydrogens is 204 g/mol. The Kier molecular flexibility index (Phi) is 3.38. The van der Waals surface area contributed by atoms with E-state index in [1.807, 2.05) is 0 Å². The minimum absolute atomic E-state index is 0.385. The lowest BCUT2D eigenvalue weighted by Gasteiger charge is -2.21. The van der Waals surface area contributed by atoms with Gasteiger partial charge in [0.25, 0.3) is 0 Å². The summed E-state index contributed by atoms with van der Waals surface area (Å²) in [6, 6.07) is 8.39. The van der Waals surface area contributed by atoms with Gasteiger partial charge in [0.15, 0.2) is 17.3 Å². The van der Waals surface area contributed by atoms with Crippen LogP contribution in [0.4, 0.5) is 0 Å².